The molecule has 0 bridgehead atoms. The molecule has 0 radical (unpaired) electrons. The van der Waals surface area contributed by atoms with Gasteiger partial charge in [-0.3, -0.25) is 0 Å². The summed E-state index contributed by atoms with van der Waals surface area (Å²) in [4.78, 5) is 0. The summed E-state index contributed by atoms with van der Waals surface area (Å²) in [6.45, 7) is 0. The fourth-order valence-electron chi connectivity index (χ4n) is 3.29. The van der Waals surface area contributed by atoms with Crippen molar-refractivity contribution in [2.45, 2.75) is 12.8 Å². The van der Waals surface area contributed by atoms with E-state index in [-0.39, 0.29) is 0 Å². The van der Waals surface area contributed by atoms with Gasteiger partial charge >= 0.3 is 0 Å². The highest BCUT2D eigenvalue weighted by Crippen LogP contribution is 2.29. The molecule has 0 atom stereocenters. The predicted octanol–water partition coefficient (Wildman–Crippen LogP) is 5.78. The first kappa shape index (κ1) is 13.1. The molecule has 0 saturated heterocycles. The van der Waals surface area contributed by atoms with Gasteiger partial charge in [0.1, 0.15) is 0 Å². The Morgan fingerprint density at radius 3 is 1.68 bits per heavy atom. The van der Waals surface area contributed by atoms with E-state index < -0.39 is 0 Å². The lowest BCUT2D eigenvalue weighted by molar-refractivity contribution is 0.977. The Hall–Kier alpha value is -2.60. The minimum Gasteiger partial charge on any atom is -0.0622 e. The zero-order chi connectivity index (χ0) is 14.8. The molecule has 4 rings (SSSR count). The molecule has 0 unspecified atom stereocenters. The molecule has 0 saturated carbocycles. The molecule has 0 nitrogen and oxygen atoms in total. The van der Waals surface area contributed by atoms with Crippen molar-refractivity contribution >= 4 is 21.5 Å². The second-order valence-electron chi connectivity index (χ2n) is 5.78. The first-order valence-electron chi connectivity index (χ1n) is 7.85. The number of fused-ring (bicyclic) bond motifs is 2. The maximum atomic E-state index is 2.30. The van der Waals surface area contributed by atoms with Gasteiger partial charge in [0.15, 0.2) is 0 Å². The monoisotopic (exact) mass is 282 g/mol. The Kier molecular flexibility index (Phi) is 3.36. The van der Waals surface area contributed by atoms with Gasteiger partial charge in [-0.15, -0.1) is 0 Å². The van der Waals surface area contributed by atoms with E-state index in [0.29, 0.717) is 0 Å². The summed E-state index contributed by atoms with van der Waals surface area (Å²) in [5.41, 5.74) is 2.87. The van der Waals surface area contributed by atoms with Crippen LogP contribution >= 0.6 is 0 Å². The Morgan fingerprint density at radius 1 is 0.500 bits per heavy atom. The van der Waals surface area contributed by atoms with E-state index >= 15 is 0 Å². The molecule has 0 spiro atoms. The van der Waals surface area contributed by atoms with E-state index in [4.69, 9.17) is 0 Å². The van der Waals surface area contributed by atoms with Crippen molar-refractivity contribution in [1.29, 1.82) is 0 Å². The van der Waals surface area contributed by atoms with Gasteiger partial charge in [-0.25, -0.2) is 0 Å². The highest BCUT2D eigenvalue weighted by Gasteiger charge is 2.07. The predicted molar refractivity (Wildman–Crippen MR) is 95.3 cm³/mol. The van der Waals surface area contributed by atoms with Crippen LogP contribution in [0.4, 0.5) is 0 Å². The lowest BCUT2D eigenvalue weighted by Gasteiger charge is -2.11. The molecule has 106 valence electrons. The average Bonchev–Trinajstić information content (AvgIpc) is 2.59. The van der Waals surface area contributed by atoms with E-state index in [1.54, 1.807) is 0 Å². The summed E-state index contributed by atoms with van der Waals surface area (Å²) in [7, 11) is 0. The van der Waals surface area contributed by atoms with Crippen molar-refractivity contribution in [3.63, 3.8) is 0 Å². The quantitative estimate of drug-likeness (QED) is 0.418. The van der Waals surface area contributed by atoms with Crippen molar-refractivity contribution in [3.8, 4) is 0 Å². The van der Waals surface area contributed by atoms with Crippen molar-refractivity contribution in [2.75, 3.05) is 0 Å². The zero-order valence-electron chi connectivity index (χ0n) is 12.5. The molecular weight excluding hydrogens is 264 g/mol. The fraction of sp³-hybridized carbons (Fsp3) is 0.0909. The van der Waals surface area contributed by atoms with Gasteiger partial charge in [0.25, 0.3) is 0 Å². The largest absolute Gasteiger partial charge is 0.0622 e. The third-order valence-corrected chi connectivity index (χ3v) is 4.39. The first-order valence-corrected chi connectivity index (χ1v) is 7.85. The van der Waals surface area contributed by atoms with Crippen LogP contribution < -0.4 is 0 Å². The number of hydrogen-bond donors (Lipinski definition) is 0. The number of benzene rings is 4. The van der Waals surface area contributed by atoms with Crippen LogP contribution in [0.25, 0.3) is 21.5 Å². The molecule has 4 aromatic rings. The van der Waals surface area contributed by atoms with Crippen LogP contribution in [0, 0.1) is 0 Å². The number of aryl methyl sites for hydroxylation is 2. The van der Waals surface area contributed by atoms with E-state index in [1.807, 2.05) is 0 Å². The average molecular weight is 282 g/mol. The van der Waals surface area contributed by atoms with E-state index in [9.17, 15) is 0 Å². The Bertz CT molecular complexity index is 866. The molecular formula is C22H18. The van der Waals surface area contributed by atoms with Crippen molar-refractivity contribution < 1.29 is 0 Å². The molecule has 0 aliphatic rings. The fourth-order valence-corrected chi connectivity index (χ4v) is 3.29. The second kappa shape index (κ2) is 5.65. The van der Waals surface area contributed by atoms with Gasteiger partial charge in [-0.2, -0.15) is 0 Å². The summed E-state index contributed by atoms with van der Waals surface area (Å²) < 4.78 is 0. The van der Waals surface area contributed by atoms with Crippen LogP contribution in [0.1, 0.15) is 11.1 Å². The van der Waals surface area contributed by atoms with Crippen molar-refractivity contribution in [2.24, 2.45) is 0 Å². The molecule has 0 aliphatic heterocycles. The minimum absolute atomic E-state index is 1.08. The number of hydrogen-bond acceptors (Lipinski definition) is 0. The van der Waals surface area contributed by atoms with E-state index in [0.717, 1.165) is 12.8 Å². The molecule has 22 heavy (non-hydrogen) atoms. The highest BCUT2D eigenvalue weighted by atomic mass is 14.1. The third-order valence-electron chi connectivity index (χ3n) is 4.39. The molecule has 4 aromatic carbocycles. The van der Waals surface area contributed by atoms with Gasteiger partial charge in [0.2, 0.25) is 0 Å². The van der Waals surface area contributed by atoms with Gasteiger partial charge in [0.05, 0.1) is 0 Å². The van der Waals surface area contributed by atoms with Crippen LogP contribution in [0.2, 0.25) is 0 Å². The first-order chi connectivity index (χ1) is 10.9. The summed E-state index contributed by atoms with van der Waals surface area (Å²) in [6, 6.07) is 30.5. The van der Waals surface area contributed by atoms with Crippen LogP contribution in [0.3, 0.4) is 0 Å². The molecule has 0 heteroatoms. The SMILES string of the molecule is c1ccc(CCc2c3ccccc3cc3ccccc23)cc1. The van der Waals surface area contributed by atoms with Gasteiger partial charge in [0, 0.05) is 0 Å². The van der Waals surface area contributed by atoms with Crippen LogP contribution in [-0.2, 0) is 12.8 Å². The second-order valence-corrected chi connectivity index (χ2v) is 5.78. The topological polar surface area (TPSA) is 0 Å². The van der Waals surface area contributed by atoms with Gasteiger partial charge in [-0.1, -0.05) is 78.9 Å². The Morgan fingerprint density at radius 2 is 1.05 bits per heavy atom. The molecule has 0 aliphatic carbocycles. The van der Waals surface area contributed by atoms with Gasteiger partial charge in [-0.05, 0) is 51.6 Å². The summed E-state index contributed by atoms with van der Waals surface area (Å²) >= 11 is 0. The van der Waals surface area contributed by atoms with Crippen LogP contribution in [0.5, 0.6) is 0 Å². The molecule has 0 fully saturated rings. The zero-order valence-corrected chi connectivity index (χ0v) is 12.5. The smallest absolute Gasteiger partial charge is 0.0145 e. The summed E-state index contributed by atoms with van der Waals surface area (Å²) in [5.74, 6) is 0. The maximum absolute atomic E-state index is 2.30. The van der Waals surface area contributed by atoms with Crippen LogP contribution in [-0.4, -0.2) is 0 Å². The number of rotatable bonds is 3. The van der Waals surface area contributed by atoms with Crippen molar-refractivity contribution in [1.82, 2.24) is 0 Å². The maximum Gasteiger partial charge on any atom is -0.0145 e. The van der Waals surface area contributed by atoms with E-state index in [1.165, 1.54) is 32.7 Å². The lowest BCUT2D eigenvalue weighted by Crippen LogP contribution is -1.94. The Balaban J connectivity index is 1.85. The third kappa shape index (κ3) is 2.37. The highest BCUT2D eigenvalue weighted by molar-refractivity contribution is 6.02. The van der Waals surface area contributed by atoms with E-state index in [2.05, 4.69) is 84.9 Å². The standard InChI is InChI=1S/C22H18/c1-2-8-17(9-3-1)14-15-22-20-12-6-4-10-18(20)16-19-11-5-7-13-21(19)22/h1-13,16H,14-15H2. The molecule has 0 heterocycles. The molecule has 0 aromatic heterocycles. The molecule has 0 amide bonds. The minimum atomic E-state index is 1.08. The normalized spacial score (nSPS) is 11.1. The Labute approximate surface area is 131 Å². The molecule has 0 N–H and O–H groups in total. The summed E-state index contributed by atoms with van der Waals surface area (Å²) in [5, 5.41) is 5.45. The lowest BCUT2D eigenvalue weighted by atomic mass is 9.93. The van der Waals surface area contributed by atoms with Crippen molar-refractivity contribution in [3.05, 3.63) is 96.1 Å². The van der Waals surface area contributed by atoms with Gasteiger partial charge < -0.3 is 0 Å². The van der Waals surface area contributed by atoms with Crippen LogP contribution in [0.15, 0.2) is 84.9 Å². The summed E-state index contributed by atoms with van der Waals surface area (Å²) in [6.07, 6.45) is 2.16.